The average Bonchev–Trinajstić information content (AvgIpc) is 3.15. The van der Waals surface area contributed by atoms with Crippen LogP contribution in [-0.4, -0.2) is 16.1 Å². The Labute approximate surface area is 141 Å². The lowest BCUT2D eigenvalue weighted by Gasteiger charge is -1.99. The first-order chi connectivity index (χ1) is 11.5. The lowest BCUT2D eigenvalue weighted by molar-refractivity contribution is -0.402. The molecule has 0 atom stereocenters. The number of hydrogen-bond donors (Lipinski definition) is 1. The number of nitrogens with zero attached hydrogens (tertiary/aromatic N) is 3. The number of hydrazone groups is 1. The van der Waals surface area contributed by atoms with E-state index in [0.717, 1.165) is 16.1 Å². The SMILES string of the molecule is Cc1ccc(-c2nc(N/N=C/c3ccc([N+](=O)[O-])o3)sc2C)cc1. The maximum Gasteiger partial charge on any atom is 0.433 e. The molecule has 122 valence electrons. The van der Waals surface area contributed by atoms with Crippen LogP contribution in [-0.2, 0) is 0 Å². The van der Waals surface area contributed by atoms with Crippen molar-refractivity contribution in [3.05, 3.63) is 62.7 Å². The predicted octanol–water partition coefficient (Wildman–Crippen LogP) is 4.37. The van der Waals surface area contributed by atoms with Gasteiger partial charge in [0.1, 0.15) is 4.92 Å². The molecule has 0 aliphatic carbocycles. The Hall–Kier alpha value is -3.00. The van der Waals surface area contributed by atoms with Crippen LogP contribution >= 0.6 is 11.3 Å². The Morgan fingerprint density at radius 2 is 2.00 bits per heavy atom. The molecule has 2 aromatic heterocycles. The number of furan rings is 1. The molecule has 0 fully saturated rings. The summed E-state index contributed by atoms with van der Waals surface area (Å²) in [6, 6.07) is 10.9. The summed E-state index contributed by atoms with van der Waals surface area (Å²) in [6.07, 6.45) is 1.37. The summed E-state index contributed by atoms with van der Waals surface area (Å²) >= 11 is 1.48. The van der Waals surface area contributed by atoms with E-state index in [4.69, 9.17) is 4.42 Å². The number of aromatic nitrogens is 1. The number of nitrogens with one attached hydrogen (secondary N) is 1. The van der Waals surface area contributed by atoms with Gasteiger partial charge in [0.25, 0.3) is 0 Å². The van der Waals surface area contributed by atoms with Gasteiger partial charge in [-0.3, -0.25) is 15.5 Å². The van der Waals surface area contributed by atoms with E-state index in [2.05, 4.69) is 15.5 Å². The predicted molar refractivity (Wildman–Crippen MR) is 93.6 cm³/mol. The Balaban J connectivity index is 1.72. The summed E-state index contributed by atoms with van der Waals surface area (Å²) in [7, 11) is 0. The van der Waals surface area contributed by atoms with E-state index >= 15 is 0 Å². The summed E-state index contributed by atoms with van der Waals surface area (Å²) in [6.45, 7) is 4.04. The van der Waals surface area contributed by atoms with Crippen LogP contribution in [0.5, 0.6) is 0 Å². The minimum atomic E-state index is -0.594. The standard InChI is InChI=1S/C16H14N4O3S/c1-10-3-5-12(6-4-10)15-11(2)24-16(18-15)19-17-9-13-7-8-14(23-13)20(21)22/h3-9H,1-2H3,(H,18,19)/b17-9+. The van der Waals surface area contributed by atoms with Crippen LogP contribution in [0.2, 0.25) is 0 Å². The van der Waals surface area contributed by atoms with E-state index in [1.54, 1.807) is 0 Å². The molecule has 24 heavy (non-hydrogen) atoms. The highest BCUT2D eigenvalue weighted by Crippen LogP contribution is 2.30. The highest BCUT2D eigenvalue weighted by atomic mass is 32.1. The summed E-state index contributed by atoms with van der Waals surface area (Å²) in [5.74, 6) is -0.0237. The van der Waals surface area contributed by atoms with Crippen molar-refractivity contribution in [3.8, 4) is 11.3 Å². The smallest absolute Gasteiger partial charge is 0.400 e. The third-order valence-corrected chi connectivity index (χ3v) is 4.14. The molecular formula is C16H14N4O3S. The number of nitro groups is 1. The molecular weight excluding hydrogens is 328 g/mol. The van der Waals surface area contributed by atoms with E-state index in [0.29, 0.717) is 10.9 Å². The molecule has 0 aliphatic heterocycles. The van der Waals surface area contributed by atoms with Crippen LogP contribution in [0.25, 0.3) is 11.3 Å². The second kappa shape index (κ2) is 6.63. The number of anilines is 1. The zero-order valence-electron chi connectivity index (χ0n) is 13.0. The van der Waals surface area contributed by atoms with Crippen LogP contribution in [0.3, 0.4) is 0 Å². The molecule has 3 aromatic rings. The van der Waals surface area contributed by atoms with Crippen LogP contribution < -0.4 is 5.43 Å². The Bertz CT molecular complexity index is 896. The molecule has 0 amide bonds. The molecule has 2 heterocycles. The second-order valence-corrected chi connectivity index (χ2v) is 6.30. The maximum atomic E-state index is 10.5. The first-order valence-corrected chi connectivity index (χ1v) is 7.92. The summed E-state index contributed by atoms with van der Waals surface area (Å²) in [5, 5.41) is 15.2. The lowest BCUT2D eigenvalue weighted by Crippen LogP contribution is -1.89. The summed E-state index contributed by atoms with van der Waals surface area (Å²) in [4.78, 5) is 15.6. The van der Waals surface area contributed by atoms with Crippen molar-refractivity contribution in [3.63, 3.8) is 0 Å². The molecule has 1 aromatic carbocycles. The lowest BCUT2D eigenvalue weighted by atomic mass is 10.1. The zero-order valence-corrected chi connectivity index (χ0v) is 13.8. The molecule has 0 unspecified atom stereocenters. The number of thiazole rings is 1. The molecule has 1 N–H and O–H groups in total. The van der Waals surface area contributed by atoms with E-state index in [9.17, 15) is 10.1 Å². The number of aryl methyl sites for hydroxylation is 2. The van der Waals surface area contributed by atoms with Crippen molar-refractivity contribution in [2.24, 2.45) is 5.10 Å². The van der Waals surface area contributed by atoms with Crippen molar-refractivity contribution in [2.75, 3.05) is 5.43 Å². The molecule has 0 saturated heterocycles. The maximum absolute atomic E-state index is 10.5. The van der Waals surface area contributed by atoms with Gasteiger partial charge in [0.15, 0.2) is 5.76 Å². The first kappa shape index (κ1) is 15.9. The van der Waals surface area contributed by atoms with Crippen molar-refractivity contribution < 1.29 is 9.34 Å². The van der Waals surface area contributed by atoms with Crippen molar-refractivity contribution in [1.82, 2.24) is 4.98 Å². The zero-order chi connectivity index (χ0) is 17.1. The van der Waals surface area contributed by atoms with Gasteiger partial charge in [-0.1, -0.05) is 29.8 Å². The van der Waals surface area contributed by atoms with E-state index in [1.165, 1.54) is 35.2 Å². The fourth-order valence-electron chi connectivity index (χ4n) is 2.08. The number of rotatable bonds is 5. The first-order valence-electron chi connectivity index (χ1n) is 7.10. The molecule has 0 saturated carbocycles. The summed E-state index contributed by atoms with van der Waals surface area (Å²) < 4.78 is 4.99. The van der Waals surface area contributed by atoms with E-state index in [-0.39, 0.29) is 5.88 Å². The molecule has 0 aliphatic rings. The Morgan fingerprint density at radius 1 is 1.25 bits per heavy atom. The van der Waals surface area contributed by atoms with Gasteiger partial charge in [0, 0.05) is 10.4 Å². The topological polar surface area (TPSA) is 93.6 Å². The molecule has 8 heteroatoms. The molecule has 3 rings (SSSR count). The van der Waals surface area contributed by atoms with Crippen LogP contribution in [0.4, 0.5) is 11.0 Å². The molecule has 0 radical (unpaired) electrons. The van der Waals surface area contributed by atoms with Gasteiger partial charge in [-0.05, 0) is 19.9 Å². The Kier molecular flexibility index (Phi) is 4.39. The van der Waals surface area contributed by atoms with Crippen LogP contribution in [0, 0.1) is 24.0 Å². The van der Waals surface area contributed by atoms with Gasteiger partial charge in [0.2, 0.25) is 5.13 Å². The minimum Gasteiger partial charge on any atom is -0.400 e. The monoisotopic (exact) mass is 342 g/mol. The number of hydrogen-bond acceptors (Lipinski definition) is 7. The number of benzene rings is 1. The second-order valence-electron chi connectivity index (χ2n) is 5.09. The van der Waals surface area contributed by atoms with Gasteiger partial charge in [-0.2, -0.15) is 5.10 Å². The molecule has 7 nitrogen and oxygen atoms in total. The highest BCUT2D eigenvalue weighted by molar-refractivity contribution is 7.15. The van der Waals surface area contributed by atoms with Gasteiger partial charge in [-0.15, -0.1) is 11.3 Å². The normalized spacial score (nSPS) is 11.1. The minimum absolute atomic E-state index is 0.293. The Morgan fingerprint density at radius 3 is 2.67 bits per heavy atom. The molecule has 0 spiro atoms. The fraction of sp³-hybridized carbons (Fsp3) is 0.125. The third-order valence-electron chi connectivity index (χ3n) is 3.27. The summed E-state index contributed by atoms with van der Waals surface area (Å²) in [5.41, 5.74) is 5.98. The van der Waals surface area contributed by atoms with Crippen LogP contribution in [0.1, 0.15) is 16.2 Å². The average molecular weight is 342 g/mol. The third kappa shape index (κ3) is 3.49. The highest BCUT2D eigenvalue weighted by Gasteiger charge is 2.11. The van der Waals surface area contributed by atoms with Gasteiger partial charge < -0.3 is 4.42 Å². The van der Waals surface area contributed by atoms with Crippen LogP contribution in [0.15, 0.2) is 45.9 Å². The fourth-order valence-corrected chi connectivity index (χ4v) is 2.87. The van der Waals surface area contributed by atoms with Gasteiger partial charge in [-0.25, -0.2) is 4.98 Å². The van der Waals surface area contributed by atoms with Gasteiger partial charge >= 0.3 is 5.88 Å². The van der Waals surface area contributed by atoms with Gasteiger partial charge in [0.05, 0.1) is 18.0 Å². The van der Waals surface area contributed by atoms with E-state index in [1.807, 2.05) is 38.1 Å². The van der Waals surface area contributed by atoms with E-state index < -0.39 is 4.92 Å². The van der Waals surface area contributed by atoms with Crippen molar-refractivity contribution in [2.45, 2.75) is 13.8 Å². The van der Waals surface area contributed by atoms with Crippen molar-refractivity contribution >= 4 is 28.6 Å². The largest absolute Gasteiger partial charge is 0.433 e. The molecule has 0 bridgehead atoms. The van der Waals surface area contributed by atoms with Crippen molar-refractivity contribution in [1.29, 1.82) is 0 Å². The quantitative estimate of drug-likeness (QED) is 0.422.